The van der Waals surface area contributed by atoms with Gasteiger partial charge >= 0.3 is 0 Å². The van der Waals surface area contributed by atoms with Gasteiger partial charge in [0.2, 0.25) is 5.91 Å². The highest BCUT2D eigenvalue weighted by atomic mass is 16.2. The summed E-state index contributed by atoms with van der Waals surface area (Å²) in [5.74, 6) is 2.02. The summed E-state index contributed by atoms with van der Waals surface area (Å²) < 4.78 is 0. The van der Waals surface area contributed by atoms with E-state index < -0.39 is 0 Å². The second-order valence-corrected chi connectivity index (χ2v) is 10.3. The van der Waals surface area contributed by atoms with E-state index in [1.807, 2.05) is 0 Å². The molecule has 4 heteroatoms. The van der Waals surface area contributed by atoms with Gasteiger partial charge in [-0.15, -0.1) is 0 Å². The van der Waals surface area contributed by atoms with E-state index in [1.165, 1.54) is 44.2 Å². The highest BCUT2D eigenvalue weighted by Crippen LogP contribution is 2.41. The zero-order valence-electron chi connectivity index (χ0n) is 17.7. The van der Waals surface area contributed by atoms with Crippen molar-refractivity contribution in [2.24, 2.45) is 23.5 Å². The number of hydrogen-bond donors (Lipinski definition) is 1. The van der Waals surface area contributed by atoms with Crippen LogP contribution in [0.25, 0.3) is 0 Å². The number of nitrogens with zero attached hydrogens (tertiary/aromatic N) is 2. The van der Waals surface area contributed by atoms with Gasteiger partial charge in [0.15, 0.2) is 0 Å². The lowest BCUT2D eigenvalue weighted by Gasteiger charge is -2.55. The fraction of sp³-hybridized carbons (Fsp3) is 0.720. The average Bonchev–Trinajstić information content (AvgIpc) is 2.75. The van der Waals surface area contributed by atoms with Gasteiger partial charge in [0, 0.05) is 43.7 Å². The van der Waals surface area contributed by atoms with E-state index in [0.717, 1.165) is 38.8 Å². The maximum atomic E-state index is 13.2. The number of fused-ring (bicyclic) bond motifs is 4. The predicted molar refractivity (Wildman–Crippen MR) is 116 cm³/mol. The van der Waals surface area contributed by atoms with E-state index in [1.54, 1.807) is 0 Å². The van der Waals surface area contributed by atoms with Gasteiger partial charge in [0.25, 0.3) is 0 Å². The fourth-order valence-electron chi connectivity index (χ4n) is 6.82. The molecule has 0 aromatic heterocycles. The Morgan fingerprint density at radius 3 is 2.55 bits per heavy atom. The standard InChI is InChI=1S/C25H37N3O/c26-22-11-9-20(10-12-22)25(29)27-15-19-13-21(17-27)24-8-4-7-23(28(24)16-19)14-18-5-2-1-3-6-18/h1-3,5-6,19-24H,4,7-17,26H2/t19-,20?,21+,22?,23+,24-/m0/s1. The Kier molecular flexibility index (Phi) is 5.66. The van der Waals surface area contributed by atoms with Crippen molar-refractivity contribution in [3.05, 3.63) is 35.9 Å². The average molecular weight is 396 g/mol. The summed E-state index contributed by atoms with van der Waals surface area (Å²) in [5.41, 5.74) is 7.53. The van der Waals surface area contributed by atoms with Crippen LogP contribution in [0.15, 0.2) is 30.3 Å². The van der Waals surface area contributed by atoms with Crippen molar-refractivity contribution in [2.75, 3.05) is 19.6 Å². The molecule has 4 atom stereocenters. The minimum absolute atomic E-state index is 0.238. The van der Waals surface area contributed by atoms with E-state index >= 15 is 0 Å². The Balaban J connectivity index is 1.25. The normalized spacial score (nSPS) is 37.8. The van der Waals surface area contributed by atoms with Crippen molar-refractivity contribution in [3.63, 3.8) is 0 Å². The van der Waals surface area contributed by atoms with Gasteiger partial charge in [0.05, 0.1) is 0 Å². The molecule has 0 unspecified atom stereocenters. The first-order valence-corrected chi connectivity index (χ1v) is 12.0. The first-order valence-electron chi connectivity index (χ1n) is 12.0. The number of likely N-dealkylation sites (tertiary alicyclic amines) is 1. The zero-order valence-corrected chi connectivity index (χ0v) is 17.7. The first-order chi connectivity index (χ1) is 14.2. The Morgan fingerprint density at radius 1 is 0.966 bits per heavy atom. The number of nitrogens with two attached hydrogens (primary N) is 1. The smallest absolute Gasteiger partial charge is 0.225 e. The van der Waals surface area contributed by atoms with Gasteiger partial charge in [-0.3, -0.25) is 9.69 Å². The molecule has 1 aromatic carbocycles. The molecular weight excluding hydrogens is 358 g/mol. The highest BCUT2D eigenvalue weighted by Gasteiger charge is 2.46. The third kappa shape index (κ3) is 4.11. The molecule has 1 amide bonds. The molecule has 4 aliphatic rings. The second kappa shape index (κ2) is 8.39. The third-order valence-electron chi connectivity index (χ3n) is 8.26. The molecule has 3 heterocycles. The topological polar surface area (TPSA) is 49.6 Å². The molecule has 1 saturated carbocycles. The zero-order chi connectivity index (χ0) is 19.8. The lowest BCUT2D eigenvalue weighted by molar-refractivity contribution is -0.144. The van der Waals surface area contributed by atoms with E-state index in [9.17, 15) is 4.79 Å². The van der Waals surface area contributed by atoms with E-state index in [-0.39, 0.29) is 5.92 Å². The molecule has 2 N–H and O–H groups in total. The summed E-state index contributed by atoms with van der Waals surface area (Å²) in [5, 5.41) is 0. The molecule has 3 saturated heterocycles. The number of carbonyl (C=O) groups is 1. The van der Waals surface area contributed by atoms with Gasteiger partial charge in [-0.25, -0.2) is 0 Å². The maximum Gasteiger partial charge on any atom is 0.225 e. The van der Waals surface area contributed by atoms with Crippen LogP contribution in [0.1, 0.15) is 56.9 Å². The minimum Gasteiger partial charge on any atom is -0.342 e. The van der Waals surface area contributed by atoms with Crippen LogP contribution in [0.5, 0.6) is 0 Å². The van der Waals surface area contributed by atoms with E-state index in [4.69, 9.17) is 5.73 Å². The van der Waals surface area contributed by atoms with Gasteiger partial charge in [-0.1, -0.05) is 36.8 Å². The van der Waals surface area contributed by atoms with Crippen LogP contribution in [-0.4, -0.2) is 53.5 Å². The predicted octanol–water partition coefficient (Wildman–Crippen LogP) is 3.45. The number of rotatable bonds is 3. The van der Waals surface area contributed by atoms with Crippen LogP contribution in [0.3, 0.4) is 0 Å². The molecule has 0 radical (unpaired) electrons. The lowest BCUT2D eigenvalue weighted by atomic mass is 9.73. The number of hydrogen-bond acceptors (Lipinski definition) is 3. The molecular formula is C25H37N3O. The van der Waals surface area contributed by atoms with Crippen molar-refractivity contribution in [3.8, 4) is 0 Å². The van der Waals surface area contributed by atoms with Crippen molar-refractivity contribution in [2.45, 2.75) is 75.9 Å². The Morgan fingerprint density at radius 2 is 1.76 bits per heavy atom. The monoisotopic (exact) mass is 395 g/mol. The summed E-state index contributed by atoms with van der Waals surface area (Å²) >= 11 is 0. The van der Waals surface area contributed by atoms with Crippen LogP contribution in [0, 0.1) is 17.8 Å². The van der Waals surface area contributed by atoms with Crippen molar-refractivity contribution >= 4 is 5.91 Å². The Hall–Kier alpha value is -1.39. The summed E-state index contributed by atoms with van der Waals surface area (Å²) in [4.78, 5) is 18.3. The Bertz CT molecular complexity index is 699. The molecule has 1 aliphatic carbocycles. The van der Waals surface area contributed by atoms with Crippen molar-refractivity contribution in [1.82, 2.24) is 9.80 Å². The summed E-state index contributed by atoms with van der Waals surface area (Å²) in [6.07, 6.45) is 10.6. The van der Waals surface area contributed by atoms with Crippen LogP contribution in [0.4, 0.5) is 0 Å². The molecule has 158 valence electrons. The van der Waals surface area contributed by atoms with Crippen LogP contribution >= 0.6 is 0 Å². The Labute approximate surface area is 175 Å². The molecule has 4 fully saturated rings. The quantitative estimate of drug-likeness (QED) is 0.853. The van der Waals surface area contributed by atoms with Crippen LogP contribution in [-0.2, 0) is 11.2 Å². The van der Waals surface area contributed by atoms with Gasteiger partial charge in [-0.2, -0.15) is 0 Å². The largest absolute Gasteiger partial charge is 0.342 e. The number of amides is 1. The summed E-state index contributed by atoms with van der Waals surface area (Å²) in [6, 6.07) is 12.7. The minimum atomic E-state index is 0.238. The molecule has 3 aliphatic heterocycles. The molecule has 5 rings (SSSR count). The van der Waals surface area contributed by atoms with Crippen molar-refractivity contribution < 1.29 is 4.79 Å². The van der Waals surface area contributed by atoms with Crippen molar-refractivity contribution in [1.29, 1.82) is 0 Å². The molecule has 2 bridgehead atoms. The fourth-order valence-corrected chi connectivity index (χ4v) is 6.82. The lowest BCUT2D eigenvalue weighted by Crippen LogP contribution is -2.63. The first kappa shape index (κ1) is 19.6. The summed E-state index contributed by atoms with van der Waals surface area (Å²) in [6.45, 7) is 3.17. The number of piperidine rings is 3. The molecule has 0 spiro atoms. The maximum absolute atomic E-state index is 13.2. The van der Waals surface area contributed by atoms with Gasteiger partial charge in [-0.05, 0) is 68.8 Å². The van der Waals surface area contributed by atoms with Crippen LogP contribution in [0.2, 0.25) is 0 Å². The van der Waals surface area contributed by atoms with E-state index in [2.05, 4.69) is 40.1 Å². The number of benzene rings is 1. The number of carbonyl (C=O) groups excluding carboxylic acids is 1. The van der Waals surface area contributed by atoms with Gasteiger partial charge in [0.1, 0.15) is 0 Å². The molecule has 4 nitrogen and oxygen atoms in total. The molecule has 1 aromatic rings. The third-order valence-corrected chi connectivity index (χ3v) is 8.26. The summed E-state index contributed by atoms with van der Waals surface area (Å²) in [7, 11) is 0. The van der Waals surface area contributed by atoms with E-state index in [0.29, 0.717) is 35.9 Å². The molecule has 29 heavy (non-hydrogen) atoms. The SMILES string of the molecule is NC1CCC(C(=O)N2C[C@@H]3C[C@H](C2)[C@@H]2CCC[C@H](Cc4ccccc4)N2C3)CC1. The van der Waals surface area contributed by atoms with Gasteiger partial charge < -0.3 is 10.6 Å². The highest BCUT2D eigenvalue weighted by molar-refractivity contribution is 5.79. The van der Waals surface area contributed by atoms with Crippen LogP contribution < -0.4 is 5.73 Å². The second-order valence-electron chi connectivity index (χ2n) is 10.3.